The van der Waals surface area contributed by atoms with Gasteiger partial charge in [-0.2, -0.15) is 0 Å². The van der Waals surface area contributed by atoms with Crippen LogP contribution in [0, 0.1) is 0 Å². The third kappa shape index (κ3) is 2.27. The first kappa shape index (κ1) is 18.2. The summed E-state index contributed by atoms with van der Waals surface area (Å²) in [5.74, 6) is 0. The fraction of sp³-hybridized carbons (Fsp3) is 0.121. The van der Waals surface area contributed by atoms with E-state index in [4.69, 9.17) is 0 Å². The largest absolute Gasteiger partial charge is 0.308 e. The van der Waals surface area contributed by atoms with Crippen LogP contribution in [0.15, 0.2) is 85.2 Å². The molecule has 0 bridgehead atoms. The van der Waals surface area contributed by atoms with Crippen molar-refractivity contribution in [1.82, 2.24) is 4.98 Å². The quantitative estimate of drug-likeness (QED) is 0.240. The number of benzene rings is 4. The second kappa shape index (κ2) is 6.28. The van der Waals surface area contributed by atoms with E-state index >= 15 is 0 Å². The number of rotatable bonds is 0. The Labute approximate surface area is 204 Å². The van der Waals surface area contributed by atoms with Crippen LogP contribution in [-0.2, 0) is 25.7 Å². The normalized spacial score (nSPS) is 14.9. The van der Waals surface area contributed by atoms with Crippen LogP contribution in [0.4, 0.5) is 17.1 Å². The zero-order valence-corrected chi connectivity index (χ0v) is 19.3. The van der Waals surface area contributed by atoms with E-state index in [1.807, 2.05) is 12.4 Å². The van der Waals surface area contributed by atoms with E-state index < -0.39 is 0 Å². The molecule has 4 aliphatic rings. The minimum absolute atomic E-state index is 0.982. The molecule has 2 aliphatic carbocycles. The van der Waals surface area contributed by atoms with Crippen LogP contribution in [0.2, 0.25) is 0 Å². The lowest BCUT2D eigenvalue weighted by molar-refractivity contribution is 0.989. The second-order valence-corrected chi connectivity index (χ2v) is 10.4. The molecule has 0 N–H and O–H groups in total. The Bertz CT molecular complexity index is 1760. The molecule has 2 aliphatic heterocycles. The van der Waals surface area contributed by atoms with E-state index in [2.05, 4.69) is 82.7 Å². The Morgan fingerprint density at radius 2 is 1.29 bits per heavy atom. The fourth-order valence-corrected chi connectivity index (χ4v) is 7.11. The summed E-state index contributed by atoms with van der Waals surface area (Å²) in [6.07, 6.45) is 8.05. The summed E-state index contributed by atoms with van der Waals surface area (Å²) < 4.78 is 0. The highest BCUT2D eigenvalue weighted by Crippen LogP contribution is 2.54. The van der Waals surface area contributed by atoms with Gasteiger partial charge in [0.25, 0.3) is 0 Å². The zero-order valence-electron chi connectivity index (χ0n) is 19.3. The Balaban J connectivity index is 1.26. The number of aromatic nitrogens is 1. The molecule has 35 heavy (non-hydrogen) atoms. The van der Waals surface area contributed by atoms with Crippen LogP contribution in [-0.4, -0.2) is 4.98 Å². The van der Waals surface area contributed by atoms with Gasteiger partial charge in [0.05, 0.1) is 23.3 Å². The topological polar surface area (TPSA) is 16.1 Å². The molecule has 0 saturated carbocycles. The molecule has 0 amide bonds. The van der Waals surface area contributed by atoms with Crippen LogP contribution >= 0.6 is 0 Å². The maximum Gasteiger partial charge on any atom is 0.0680 e. The molecule has 3 heterocycles. The highest BCUT2D eigenvalue weighted by Gasteiger charge is 2.35. The highest BCUT2D eigenvalue weighted by molar-refractivity contribution is 5.93. The monoisotopic (exact) mass is 446 g/mol. The van der Waals surface area contributed by atoms with E-state index in [1.54, 1.807) is 0 Å². The summed E-state index contributed by atoms with van der Waals surface area (Å²) in [5.41, 5.74) is 21.3. The van der Waals surface area contributed by atoms with E-state index in [9.17, 15) is 0 Å². The zero-order chi connectivity index (χ0) is 22.7. The van der Waals surface area contributed by atoms with Crippen molar-refractivity contribution in [2.24, 2.45) is 0 Å². The summed E-state index contributed by atoms with van der Waals surface area (Å²) in [7, 11) is 0. The van der Waals surface area contributed by atoms with Crippen LogP contribution in [0.25, 0.3) is 22.3 Å². The van der Waals surface area contributed by atoms with Crippen molar-refractivity contribution in [1.29, 1.82) is 0 Å². The number of fused-ring (bicyclic) bond motifs is 11. The molecule has 4 aromatic carbocycles. The van der Waals surface area contributed by atoms with Crippen LogP contribution in [0.1, 0.15) is 44.5 Å². The molecular weight excluding hydrogens is 424 g/mol. The fourth-order valence-electron chi connectivity index (χ4n) is 7.11. The van der Waals surface area contributed by atoms with Gasteiger partial charge in [0.15, 0.2) is 0 Å². The summed E-state index contributed by atoms with van der Waals surface area (Å²) >= 11 is 0. The number of hydrogen-bond donors (Lipinski definition) is 0. The van der Waals surface area contributed by atoms with Gasteiger partial charge in [-0.15, -0.1) is 0 Å². The average Bonchev–Trinajstić information content (AvgIpc) is 3.44. The van der Waals surface area contributed by atoms with Crippen LogP contribution in [0.3, 0.4) is 0 Å². The average molecular weight is 447 g/mol. The Hall–Kier alpha value is -4.17. The molecule has 9 rings (SSSR count). The van der Waals surface area contributed by atoms with Gasteiger partial charge in [-0.1, -0.05) is 54.6 Å². The number of para-hydroxylation sites is 1. The molecule has 2 heteroatoms. The summed E-state index contributed by atoms with van der Waals surface area (Å²) in [6.45, 7) is 0. The Morgan fingerprint density at radius 3 is 2.26 bits per heavy atom. The van der Waals surface area contributed by atoms with Gasteiger partial charge in [-0.25, -0.2) is 0 Å². The maximum atomic E-state index is 4.51. The van der Waals surface area contributed by atoms with E-state index in [0.717, 1.165) is 25.7 Å². The van der Waals surface area contributed by atoms with Gasteiger partial charge < -0.3 is 4.90 Å². The third-order valence-electron chi connectivity index (χ3n) is 8.63. The number of hydrogen-bond acceptors (Lipinski definition) is 2. The SMILES string of the molecule is c1ccc2c(c1)Cc1cc3c(cc1-2)-c1ccc2c(c1C3)Cc1cccc3c1N2c1cnccc1C3. The first-order valence-electron chi connectivity index (χ1n) is 12.6. The van der Waals surface area contributed by atoms with E-state index in [-0.39, 0.29) is 0 Å². The molecule has 0 fully saturated rings. The lowest BCUT2D eigenvalue weighted by atomic mass is 9.84. The molecule has 0 saturated heterocycles. The van der Waals surface area contributed by atoms with Crippen molar-refractivity contribution in [2.45, 2.75) is 25.7 Å². The van der Waals surface area contributed by atoms with Gasteiger partial charge >= 0.3 is 0 Å². The molecular formula is C33H22N2. The first-order chi connectivity index (χ1) is 17.3. The minimum atomic E-state index is 0.982. The lowest BCUT2D eigenvalue weighted by Gasteiger charge is -2.39. The number of nitrogens with zero attached hydrogens (tertiary/aromatic N) is 2. The summed E-state index contributed by atoms with van der Waals surface area (Å²) in [6, 6.07) is 27.7. The van der Waals surface area contributed by atoms with Crippen molar-refractivity contribution in [3.05, 3.63) is 130 Å². The predicted molar refractivity (Wildman–Crippen MR) is 141 cm³/mol. The first-order valence-corrected chi connectivity index (χ1v) is 12.6. The van der Waals surface area contributed by atoms with Gasteiger partial charge in [-0.05, 0) is 97.8 Å². The van der Waals surface area contributed by atoms with Crippen LogP contribution < -0.4 is 4.90 Å². The number of anilines is 3. The van der Waals surface area contributed by atoms with Gasteiger partial charge in [0.1, 0.15) is 0 Å². The smallest absolute Gasteiger partial charge is 0.0680 e. The van der Waals surface area contributed by atoms with Gasteiger partial charge in [0, 0.05) is 19.0 Å². The molecule has 164 valence electrons. The summed E-state index contributed by atoms with van der Waals surface area (Å²) in [5, 5.41) is 0. The van der Waals surface area contributed by atoms with E-state index in [0.29, 0.717) is 0 Å². The standard InChI is InChI=1S/C33H22N2/c1-2-7-25-19(4-1)12-23-14-24-16-29-26(28(24)17-27(23)25)8-9-31-30(29)15-22-6-3-5-21-13-20-10-11-34-18-32(20)35(31)33(21)22/h1-11,14,17-18H,12-13,15-16H2. The molecule has 2 nitrogen and oxygen atoms in total. The molecule has 0 unspecified atom stereocenters. The lowest BCUT2D eigenvalue weighted by Crippen LogP contribution is -2.25. The maximum absolute atomic E-state index is 4.51. The van der Waals surface area contributed by atoms with Crippen molar-refractivity contribution in [2.75, 3.05) is 4.90 Å². The third-order valence-corrected chi connectivity index (χ3v) is 8.63. The molecule has 0 spiro atoms. The molecule has 1 aromatic heterocycles. The highest BCUT2D eigenvalue weighted by atomic mass is 15.2. The summed E-state index contributed by atoms with van der Waals surface area (Å²) in [4.78, 5) is 7.01. The number of pyridine rings is 1. The van der Waals surface area contributed by atoms with Gasteiger partial charge in [0.2, 0.25) is 0 Å². The predicted octanol–water partition coefficient (Wildman–Crippen LogP) is 7.50. The van der Waals surface area contributed by atoms with Crippen molar-refractivity contribution >= 4 is 17.1 Å². The van der Waals surface area contributed by atoms with Crippen molar-refractivity contribution in [3.63, 3.8) is 0 Å². The van der Waals surface area contributed by atoms with Crippen molar-refractivity contribution < 1.29 is 0 Å². The molecule has 0 radical (unpaired) electrons. The molecule has 0 atom stereocenters. The van der Waals surface area contributed by atoms with Crippen molar-refractivity contribution in [3.8, 4) is 22.3 Å². The van der Waals surface area contributed by atoms with Crippen LogP contribution in [0.5, 0.6) is 0 Å². The Morgan fingerprint density at radius 1 is 0.514 bits per heavy atom. The molecule has 5 aromatic rings. The minimum Gasteiger partial charge on any atom is -0.308 e. The second-order valence-electron chi connectivity index (χ2n) is 10.4. The van der Waals surface area contributed by atoms with Gasteiger partial charge in [-0.3, -0.25) is 4.98 Å². The Kier molecular flexibility index (Phi) is 3.27. The van der Waals surface area contributed by atoms with E-state index in [1.165, 1.54) is 83.8 Å².